The van der Waals surface area contributed by atoms with Crippen LogP contribution in [0.1, 0.15) is 20.8 Å². The number of hydrogen-bond donors (Lipinski definition) is 2. The summed E-state index contributed by atoms with van der Waals surface area (Å²) in [5, 5.41) is 2.14. The van der Waals surface area contributed by atoms with Gasteiger partial charge in [-0.05, 0) is 18.2 Å². The van der Waals surface area contributed by atoms with Crippen LogP contribution in [0.3, 0.4) is 0 Å². The Morgan fingerprint density at radius 3 is 2.80 bits per heavy atom. The van der Waals surface area contributed by atoms with E-state index in [0.29, 0.717) is 17.8 Å². The van der Waals surface area contributed by atoms with Gasteiger partial charge in [-0.2, -0.15) is 0 Å². The number of aromatic amines is 1. The molecule has 8 nitrogen and oxygen atoms in total. The van der Waals surface area contributed by atoms with Gasteiger partial charge < -0.3 is 19.6 Å². The minimum absolute atomic E-state index is 0.101. The maximum Gasteiger partial charge on any atom is 0.270 e. The van der Waals surface area contributed by atoms with E-state index < -0.39 is 21.1 Å². The Bertz CT molecular complexity index is 888. The Hall–Kier alpha value is -2.55. The molecule has 0 saturated carbocycles. The van der Waals surface area contributed by atoms with Crippen LogP contribution in [-0.2, 0) is 9.84 Å². The van der Waals surface area contributed by atoms with Crippen LogP contribution in [0.2, 0.25) is 0 Å². The zero-order valence-electron chi connectivity index (χ0n) is 13.2. The third-order valence-electron chi connectivity index (χ3n) is 4.91. The van der Waals surface area contributed by atoms with Crippen molar-refractivity contribution in [2.45, 2.75) is 11.3 Å². The van der Waals surface area contributed by atoms with Gasteiger partial charge >= 0.3 is 0 Å². The van der Waals surface area contributed by atoms with Crippen molar-refractivity contribution in [3.05, 3.63) is 48.2 Å². The third kappa shape index (κ3) is 2.74. The standard InChI is InChI=1S/C16H17N3O5S/c20-15(10-3-5-24-8-10)18-13-9-25(22,23)14-7-19(6-11(13)14)16(21)12-2-1-4-17-12/h1-5,8,11,13-14,17H,6-7,9H2,(H,18,20)/t11-,13+,14-/m0/s1. The molecule has 132 valence electrons. The monoisotopic (exact) mass is 363 g/mol. The van der Waals surface area contributed by atoms with E-state index in [9.17, 15) is 18.0 Å². The SMILES string of the molecule is O=C(N[C@@H]1CS(=O)(=O)[C@H]2CN(C(=O)c3ccc[nH]3)C[C@@H]12)c1ccoc1. The lowest BCUT2D eigenvalue weighted by Gasteiger charge is -2.20. The Morgan fingerprint density at radius 2 is 2.12 bits per heavy atom. The predicted octanol–water partition coefficient (Wildman–Crippen LogP) is 0.275. The maximum atomic E-state index is 12.5. The van der Waals surface area contributed by atoms with Gasteiger partial charge in [0.15, 0.2) is 9.84 Å². The summed E-state index contributed by atoms with van der Waals surface area (Å²) < 4.78 is 29.8. The molecule has 3 atom stereocenters. The van der Waals surface area contributed by atoms with Crippen LogP contribution >= 0.6 is 0 Å². The quantitative estimate of drug-likeness (QED) is 0.813. The molecule has 2 saturated heterocycles. The molecule has 0 radical (unpaired) electrons. The first-order chi connectivity index (χ1) is 12.0. The number of H-pyrrole nitrogens is 1. The normalized spacial score (nSPS) is 27.2. The highest BCUT2D eigenvalue weighted by atomic mass is 32.2. The van der Waals surface area contributed by atoms with E-state index in [-0.39, 0.29) is 30.0 Å². The van der Waals surface area contributed by atoms with Crippen LogP contribution in [0, 0.1) is 5.92 Å². The fourth-order valence-corrected chi connectivity index (χ4v) is 5.95. The molecule has 9 heteroatoms. The number of furan rings is 1. The highest BCUT2D eigenvalue weighted by Gasteiger charge is 2.53. The minimum atomic E-state index is -3.36. The summed E-state index contributed by atoms with van der Waals surface area (Å²) in [6.45, 7) is 0.459. The summed E-state index contributed by atoms with van der Waals surface area (Å²) >= 11 is 0. The van der Waals surface area contributed by atoms with Crippen LogP contribution in [-0.4, -0.2) is 60.3 Å². The van der Waals surface area contributed by atoms with Crippen molar-refractivity contribution in [2.75, 3.05) is 18.8 Å². The van der Waals surface area contributed by atoms with Gasteiger partial charge in [-0.1, -0.05) is 0 Å². The van der Waals surface area contributed by atoms with Gasteiger partial charge in [0.05, 0.1) is 22.8 Å². The van der Waals surface area contributed by atoms with E-state index in [0.717, 1.165) is 0 Å². The number of rotatable bonds is 3. The van der Waals surface area contributed by atoms with Crippen LogP contribution in [0.5, 0.6) is 0 Å². The van der Waals surface area contributed by atoms with E-state index in [4.69, 9.17) is 4.42 Å². The average Bonchev–Trinajstić information content (AvgIpc) is 3.35. The molecule has 0 spiro atoms. The Balaban J connectivity index is 1.52. The van der Waals surface area contributed by atoms with Crippen LogP contribution in [0.4, 0.5) is 0 Å². The highest BCUT2D eigenvalue weighted by molar-refractivity contribution is 7.92. The zero-order valence-corrected chi connectivity index (χ0v) is 14.0. The number of sulfone groups is 1. The third-order valence-corrected chi connectivity index (χ3v) is 7.16. The molecular formula is C16H17N3O5S. The number of fused-ring (bicyclic) bond motifs is 1. The number of carbonyl (C=O) groups excluding carboxylic acids is 2. The molecule has 2 N–H and O–H groups in total. The molecule has 0 aliphatic carbocycles. The van der Waals surface area contributed by atoms with Gasteiger partial charge in [0.25, 0.3) is 11.8 Å². The molecular weight excluding hydrogens is 346 g/mol. The van der Waals surface area contributed by atoms with Gasteiger partial charge in [-0.15, -0.1) is 0 Å². The first-order valence-electron chi connectivity index (χ1n) is 7.93. The van der Waals surface area contributed by atoms with E-state index in [1.54, 1.807) is 18.3 Å². The lowest BCUT2D eigenvalue weighted by Crippen LogP contribution is -2.42. The van der Waals surface area contributed by atoms with Gasteiger partial charge in [0.1, 0.15) is 12.0 Å². The number of amides is 2. The lowest BCUT2D eigenvalue weighted by atomic mass is 10.0. The highest BCUT2D eigenvalue weighted by Crippen LogP contribution is 2.34. The van der Waals surface area contributed by atoms with Crippen molar-refractivity contribution in [2.24, 2.45) is 5.92 Å². The van der Waals surface area contributed by atoms with Crippen LogP contribution in [0.15, 0.2) is 41.3 Å². The van der Waals surface area contributed by atoms with E-state index in [1.165, 1.54) is 23.5 Å². The van der Waals surface area contributed by atoms with Crippen molar-refractivity contribution in [1.29, 1.82) is 0 Å². The number of carbonyl (C=O) groups is 2. The van der Waals surface area contributed by atoms with E-state index in [2.05, 4.69) is 10.3 Å². The van der Waals surface area contributed by atoms with Gasteiger partial charge in [-0.3, -0.25) is 9.59 Å². The van der Waals surface area contributed by atoms with Crippen molar-refractivity contribution < 1.29 is 22.4 Å². The number of likely N-dealkylation sites (tertiary alicyclic amines) is 1. The maximum absolute atomic E-state index is 12.5. The molecule has 4 heterocycles. The zero-order chi connectivity index (χ0) is 17.6. The second-order valence-electron chi connectivity index (χ2n) is 6.42. The topological polar surface area (TPSA) is 112 Å². The summed E-state index contributed by atoms with van der Waals surface area (Å²) in [6, 6.07) is 4.38. The summed E-state index contributed by atoms with van der Waals surface area (Å²) in [6.07, 6.45) is 4.34. The molecule has 2 aliphatic rings. The fourth-order valence-electron chi connectivity index (χ4n) is 3.66. The Morgan fingerprint density at radius 1 is 1.28 bits per heavy atom. The Labute approximate surface area is 144 Å². The number of aromatic nitrogens is 1. The molecule has 0 unspecified atom stereocenters. The van der Waals surface area contributed by atoms with Crippen LogP contribution in [0.25, 0.3) is 0 Å². The van der Waals surface area contributed by atoms with E-state index >= 15 is 0 Å². The van der Waals surface area contributed by atoms with Gasteiger partial charge in [0, 0.05) is 31.2 Å². The summed E-state index contributed by atoms with van der Waals surface area (Å²) in [7, 11) is -3.36. The number of nitrogens with zero attached hydrogens (tertiary/aromatic N) is 1. The number of nitrogens with one attached hydrogen (secondary N) is 2. The Kier molecular flexibility index (Phi) is 3.68. The molecule has 4 rings (SSSR count). The van der Waals surface area contributed by atoms with Crippen molar-refractivity contribution >= 4 is 21.7 Å². The molecule has 25 heavy (non-hydrogen) atoms. The summed E-state index contributed by atoms with van der Waals surface area (Å²) in [5.41, 5.74) is 0.773. The first-order valence-corrected chi connectivity index (χ1v) is 9.64. The fraction of sp³-hybridized carbons (Fsp3) is 0.375. The molecule has 2 amide bonds. The molecule has 0 bridgehead atoms. The summed E-state index contributed by atoms with van der Waals surface area (Å²) in [4.78, 5) is 29.1. The summed E-state index contributed by atoms with van der Waals surface area (Å²) in [5.74, 6) is -1.01. The molecule has 2 aromatic rings. The van der Waals surface area contributed by atoms with Crippen molar-refractivity contribution in [3.8, 4) is 0 Å². The van der Waals surface area contributed by atoms with Crippen molar-refractivity contribution in [1.82, 2.24) is 15.2 Å². The average molecular weight is 363 g/mol. The van der Waals surface area contributed by atoms with Crippen molar-refractivity contribution in [3.63, 3.8) is 0 Å². The smallest absolute Gasteiger partial charge is 0.270 e. The molecule has 2 aromatic heterocycles. The lowest BCUT2D eigenvalue weighted by molar-refractivity contribution is 0.0779. The largest absolute Gasteiger partial charge is 0.472 e. The van der Waals surface area contributed by atoms with E-state index in [1.807, 2.05) is 0 Å². The van der Waals surface area contributed by atoms with Gasteiger partial charge in [0.2, 0.25) is 0 Å². The van der Waals surface area contributed by atoms with Gasteiger partial charge in [-0.25, -0.2) is 8.42 Å². The molecule has 2 fully saturated rings. The molecule has 2 aliphatic heterocycles. The molecule has 0 aromatic carbocycles. The predicted molar refractivity (Wildman–Crippen MR) is 87.7 cm³/mol. The number of hydrogen-bond acceptors (Lipinski definition) is 5. The first kappa shape index (κ1) is 15.9. The second-order valence-corrected chi connectivity index (χ2v) is 8.68. The van der Waals surface area contributed by atoms with Crippen LogP contribution < -0.4 is 5.32 Å². The second kappa shape index (κ2) is 5.76. The minimum Gasteiger partial charge on any atom is -0.472 e.